The van der Waals surface area contributed by atoms with Crippen LogP contribution in [0.15, 0.2) is 35.8 Å². The van der Waals surface area contributed by atoms with Crippen molar-refractivity contribution < 1.29 is 0 Å². The van der Waals surface area contributed by atoms with Gasteiger partial charge < -0.3 is 5.32 Å². The number of aryl methyl sites for hydroxylation is 1. The highest BCUT2D eigenvalue weighted by Crippen LogP contribution is 2.30. The summed E-state index contributed by atoms with van der Waals surface area (Å²) >= 11 is 1.82. The van der Waals surface area contributed by atoms with Crippen LogP contribution in [-0.2, 0) is 6.42 Å². The summed E-state index contributed by atoms with van der Waals surface area (Å²) in [6, 6.07) is 9.39. The Kier molecular flexibility index (Phi) is 3.43. The maximum atomic E-state index is 4.58. The molecule has 0 spiro atoms. The molecule has 0 aromatic carbocycles. The molecule has 2 nitrogen and oxygen atoms in total. The zero-order chi connectivity index (χ0) is 12.4. The van der Waals surface area contributed by atoms with E-state index in [1.165, 1.54) is 35.4 Å². The van der Waals surface area contributed by atoms with Crippen LogP contribution in [0.4, 0.5) is 0 Å². The van der Waals surface area contributed by atoms with E-state index in [4.69, 9.17) is 0 Å². The average Bonchev–Trinajstić information content (AvgIpc) is 2.93. The molecule has 1 unspecified atom stereocenters. The first kappa shape index (κ1) is 11.9. The Morgan fingerprint density at radius 1 is 1.39 bits per heavy atom. The van der Waals surface area contributed by atoms with E-state index in [1.54, 1.807) is 0 Å². The molecule has 0 saturated heterocycles. The molecule has 0 fully saturated rings. The van der Waals surface area contributed by atoms with Gasteiger partial charge in [0.1, 0.15) is 0 Å². The summed E-state index contributed by atoms with van der Waals surface area (Å²) in [6.07, 6.45) is 5.54. The standard InChI is InChI=1S/C15H18N2S/c1-11(14-8-4-10-18-14)17-13-7-2-5-12-6-3-9-16-15(12)13/h3-4,6,8-11,13,17H,2,5,7H2,1H3/t11-,13?/m1/s1. The van der Waals surface area contributed by atoms with Gasteiger partial charge in [0.15, 0.2) is 0 Å². The van der Waals surface area contributed by atoms with Gasteiger partial charge in [0.05, 0.1) is 11.7 Å². The first-order valence-corrected chi connectivity index (χ1v) is 7.46. The first-order valence-electron chi connectivity index (χ1n) is 6.58. The second-order valence-electron chi connectivity index (χ2n) is 4.90. The molecule has 18 heavy (non-hydrogen) atoms. The molecule has 1 aliphatic rings. The predicted octanol–water partition coefficient (Wildman–Crippen LogP) is 3.87. The van der Waals surface area contributed by atoms with Gasteiger partial charge in [0.25, 0.3) is 0 Å². The van der Waals surface area contributed by atoms with Crippen molar-refractivity contribution >= 4 is 11.3 Å². The number of rotatable bonds is 3. The number of fused-ring (bicyclic) bond motifs is 1. The van der Waals surface area contributed by atoms with Crippen molar-refractivity contribution in [2.24, 2.45) is 0 Å². The van der Waals surface area contributed by atoms with Crippen molar-refractivity contribution in [2.45, 2.75) is 38.3 Å². The van der Waals surface area contributed by atoms with Crippen molar-refractivity contribution in [3.8, 4) is 0 Å². The maximum Gasteiger partial charge on any atom is 0.0605 e. The summed E-state index contributed by atoms with van der Waals surface area (Å²) < 4.78 is 0. The second kappa shape index (κ2) is 5.21. The largest absolute Gasteiger partial charge is 0.301 e. The molecule has 1 aliphatic carbocycles. The molecule has 94 valence electrons. The smallest absolute Gasteiger partial charge is 0.0605 e. The molecule has 3 rings (SSSR count). The van der Waals surface area contributed by atoms with E-state index in [1.807, 2.05) is 23.6 Å². The molecular formula is C15H18N2S. The second-order valence-corrected chi connectivity index (χ2v) is 5.88. The Morgan fingerprint density at radius 3 is 3.17 bits per heavy atom. The van der Waals surface area contributed by atoms with Crippen LogP contribution in [0.25, 0.3) is 0 Å². The highest BCUT2D eigenvalue weighted by atomic mass is 32.1. The molecule has 3 heteroatoms. The highest BCUT2D eigenvalue weighted by molar-refractivity contribution is 7.10. The zero-order valence-electron chi connectivity index (χ0n) is 10.6. The topological polar surface area (TPSA) is 24.9 Å². The number of pyridine rings is 1. The number of aromatic nitrogens is 1. The number of hydrogen-bond donors (Lipinski definition) is 1. The Bertz CT molecular complexity index is 507. The third kappa shape index (κ3) is 2.33. The first-order chi connectivity index (χ1) is 8.84. The van der Waals surface area contributed by atoms with Gasteiger partial charge in [-0.1, -0.05) is 12.1 Å². The van der Waals surface area contributed by atoms with Crippen LogP contribution in [0, 0.1) is 0 Å². The predicted molar refractivity (Wildman–Crippen MR) is 75.8 cm³/mol. The fourth-order valence-electron chi connectivity index (χ4n) is 2.69. The minimum atomic E-state index is 0.406. The molecule has 2 heterocycles. The summed E-state index contributed by atoms with van der Waals surface area (Å²) in [5.74, 6) is 0. The summed E-state index contributed by atoms with van der Waals surface area (Å²) in [4.78, 5) is 5.98. The molecule has 2 aromatic heterocycles. The molecule has 0 amide bonds. The molecular weight excluding hydrogens is 240 g/mol. The van der Waals surface area contributed by atoms with Crippen molar-refractivity contribution in [1.82, 2.24) is 10.3 Å². The van der Waals surface area contributed by atoms with Gasteiger partial charge in [-0.2, -0.15) is 0 Å². The molecule has 0 aliphatic heterocycles. The number of hydrogen-bond acceptors (Lipinski definition) is 3. The maximum absolute atomic E-state index is 4.58. The molecule has 0 bridgehead atoms. The van der Waals surface area contributed by atoms with Gasteiger partial charge in [0.2, 0.25) is 0 Å². The van der Waals surface area contributed by atoms with Crippen molar-refractivity contribution in [3.63, 3.8) is 0 Å². The average molecular weight is 258 g/mol. The van der Waals surface area contributed by atoms with Gasteiger partial charge in [-0.3, -0.25) is 4.98 Å². The van der Waals surface area contributed by atoms with Crippen LogP contribution >= 0.6 is 11.3 Å². The van der Waals surface area contributed by atoms with Crippen LogP contribution in [0.2, 0.25) is 0 Å². The van der Waals surface area contributed by atoms with Crippen molar-refractivity contribution in [3.05, 3.63) is 52.0 Å². The quantitative estimate of drug-likeness (QED) is 0.904. The lowest BCUT2D eigenvalue weighted by molar-refractivity contribution is 0.409. The molecule has 0 radical (unpaired) electrons. The monoisotopic (exact) mass is 258 g/mol. The molecule has 0 saturated carbocycles. The Hall–Kier alpha value is -1.19. The molecule has 1 N–H and O–H groups in total. The Labute approximate surface area is 112 Å². The van der Waals surface area contributed by atoms with E-state index in [2.05, 4.69) is 40.8 Å². The van der Waals surface area contributed by atoms with Crippen LogP contribution in [-0.4, -0.2) is 4.98 Å². The fourth-order valence-corrected chi connectivity index (χ4v) is 3.44. The van der Waals surface area contributed by atoms with Crippen LogP contribution in [0.3, 0.4) is 0 Å². The third-order valence-electron chi connectivity index (χ3n) is 3.62. The third-order valence-corrected chi connectivity index (χ3v) is 4.67. The highest BCUT2D eigenvalue weighted by Gasteiger charge is 2.22. The van der Waals surface area contributed by atoms with Crippen LogP contribution in [0.5, 0.6) is 0 Å². The zero-order valence-corrected chi connectivity index (χ0v) is 11.4. The number of thiophene rings is 1. The van der Waals surface area contributed by atoms with E-state index >= 15 is 0 Å². The van der Waals surface area contributed by atoms with E-state index in [-0.39, 0.29) is 0 Å². The fraction of sp³-hybridized carbons (Fsp3) is 0.400. The van der Waals surface area contributed by atoms with Gasteiger partial charge in [-0.25, -0.2) is 0 Å². The minimum absolute atomic E-state index is 0.406. The van der Waals surface area contributed by atoms with E-state index in [9.17, 15) is 0 Å². The summed E-state index contributed by atoms with van der Waals surface area (Å²) in [6.45, 7) is 2.24. The lowest BCUT2D eigenvalue weighted by Gasteiger charge is -2.27. The summed E-state index contributed by atoms with van der Waals surface area (Å²) in [7, 11) is 0. The minimum Gasteiger partial charge on any atom is -0.301 e. The van der Waals surface area contributed by atoms with Gasteiger partial charge >= 0.3 is 0 Å². The molecule has 2 atom stereocenters. The van der Waals surface area contributed by atoms with E-state index < -0.39 is 0 Å². The summed E-state index contributed by atoms with van der Waals surface area (Å²) in [5, 5.41) is 5.86. The lowest BCUT2D eigenvalue weighted by Crippen LogP contribution is -2.28. The number of nitrogens with one attached hydrogen (secondary N) is 1. The Balaban J connectivity index is 1.78. The normalized spacial score (nSPS) is 20.4. The SMILES string of the molecule is C[C@@H](NC1CCCc2cccnc21)c1cccs1. The van der Waals surface area contributed by atoms with Crippen molar-refractivity contribution in [1.29, 1.82) is 0 Å². The summed E-state index contributed by atoms with van der Waals surface area (Å²) in [5.41, 5.74) is 2.67. The van der Waals surface area contributed by atoms with Crippen LogP contribution < -0.4 is 5.32 Å². The molecule has 2 aromatic rings. The van der Waals surface area contributed by atoms with Gasteiger partial charge in [0, 0.05) is 17.1 Å². The lowest BCUT2D eigenvalue weighted by atomic mass is 9.91. The van der Waals surface area contributed by atoms with Crippen LogP contribution in [0.1, 0.15) is 48.0 Å². The van der Waals surface area contributed by atoms with Gasteiger partial charge in [-0.15, -0.1) is 11.3 Å². The van der Waals surface area contributed by atoms with Gasteiger partial charge in [-0.05, 0) is 49.3 Å². The number of nitrogens with zero attached hydrogens (tertiary/aromatic N) is 1. The van der Waals surface area contributed by atoms with Crippen molar-refractivity contribution in [2.75, 3.05) is 0 Å². The van der Waals surface area contributed by atoms with E-state index in [0.717, 1.165) is 0 Å². The Morgan fingerprint density at radius 2 is 2.33 bits per heavy atom. The van der Waals surface area contributed by atoms with E-state index in [0.29, 0.717) is 12.1 Å².